The highest BCUT2D eigenvalue weighted by molar-refractivity contribution is 8.00. The van der Waals surface area contributed by atoms with Gasteiger partial charge in [0.2, 0.25) is 5.91 Å². The summed E-state index contributed by atoms with van der Waals surface area (Å²) in [6.45, 7) is 2.84. The molecule has 2 aromatic rings. The van der Waals surface area contributed by atoms with E-state index in [0.29, 0.717) is 5.75 Å². The van der Waals surface area contributed by atoms with Crippen molar-refractivity contribution < 1.29 is 4.79 Å². The Kier molecular flexibility index (Phi) is 4.62. The van der Waals surface area contributed by atoms with Gasteiger partial charge in [0, 0.05) is 17.4 Å². The molecule has 0 spiro atoms. The molecule has 3 rings (SSSR count). The van der Waals surface area contributed by atoms with Gasteiger partial charge in [-0.15, -0.1) is 16.9 Å². The second-order valence-electron chi connectivity index (χ2n) is 5.12. The van der Waals surface area contributed by atoms with Crippen LogP contribution >= 0.6 is 11.8 Å². The molecule has 7 heteroatoms. The van der Waals surface area contributed by atoms with Gasteiger partial charge < -0.3 is 15.6 Å². The molecule has 0 aliphatic carbocycles. The van der Waals surface area contributed by atoms with Crippen LogP contribution in [0.3, 0.4) is 0 Å². The van der Waals surface area contributed by atoms with Gasteiger partial charge in [-0.3, -0.25) is 4.79 Å². The van der Waals surface area contributed by atoms with Gasteiger partial charge in [-0.25, -0.2) is 0 Å². The molecule has 1 amide bonds. The van der Waals surface area contributed by atoms with E-state index in [1.165, 1.54) is 11.8 Å². The molecule has 0 fully saturated rings. The lowest BCUT2D eigenvalue weighted by atomic mass is 10.2. The molecule has 0 saturated heterocycles. The second-order valence-corrected chi connectivity index (χ2v) is 6.19. The smallest absolute Gasteiger partial charge is 0.230 e. The first-order chi connectivity index (χ1) is 10.8. The molecule has 3 N–H and O–H groups in total. The SMILES string of the molecule is CCCCNC(=O)CS[C@H]1N=Nc2c([nH]c3ccccc23)N1. The topological polar surface area (TPSA) is 81.6 Å². The predicted molar refractivity (Wildman–Crippen MR) is 90.6 cm³/mol. The Bertz CT molecular complexity index is 696. The summed E-state index contributed by atoms with van der Waals surface area (Å²) < 4.78 is 0. The lowest BCUT2D eigenvalue weighted by molar-refractivity contribution is -0.118. The van der Waals surface area contributed by atoms with Crippen LogP contribution in [0.1, 0.15) is 19.8 Å². The number of thioether (sulfide) groups is 1. The van der Waals surface area contributed by atoms with E-state index in [4.69, 9.17) is 0 Å². The zero-order chi connectivity index (χ0) is 15.4. The van der Waals surface area contributed by atoms with E-state index in [2.05, 4.69) is 32.8 Å². The van der Waals surface area contributed by atoms with Crippen LogP contribution in [-0.4, -0.2) is 28.7 Å². The van der Waals surface area contributed by atoms with Crippen molar-refractivity contribution in [2.24, 2.45) is 10.2 Å². The Morgan fingerprint density at radius 2 is 2.27 bits per heavy atom. The molecule has 1 aromatic heterocycles. The third kappa shape index (κ3) is 3.24. The summed E-state index contributed by atoms with van der Waals surface area (Å²) >= 11 is 1.43. The van der Waals surface area contributed by atoms with E-state index < -0.39 is 0 Å². The van der Waals surface area contributed by atoms with Crippen LogP contribution in [0.2, 0.25) is 0 Å². The van der Waals surface area contributed by atoms with Gasteiger partial charge in [-0.1, -0.05) is 31.5 Å². The summed E-state index contributed by atoms with van der Waals surface area (Å²) in [7, 11) is 0. The number of unbranched alkanes of at least 4 members (excludes halogenated alkanes) is 1. The molecular weight excluding hydrogens is 298 g/mol. The van der Waals surface area contributed by atoms with Gasteiger partial charge in [0.05, 0.1) is 5.75 Å². The van der Waals surface area contributed by atoms with Crippen LogP contribution < -0.4 is 10.6 Å². The van der Waals surface area contributed by atoms with Gasteiger partial charge in [0.15, 0.2) is 5.50 Å². The van der Waals surface area contributed by atoms with E-state index in [0.717, 1.165) is 41.8 Å². The number of para-hydroxylation sites is 1. The Labute approximate surface area is 133 Å². The summed E-state index contributed by atoms with van der Waals surface area (Å²) in [6.07, 6.45) is 2.09. The first-order valence-electron chi connectivity index (χ1n) is 7.44. The number of hydrogen-bond acceptors (Lipinski definition) is 5. The predicted octanol–water partition coefficient (Wildman–Crippen LogP) is 3.61. The molecular formula is C15H19N5OS. The fourth-order valence-corrected chi connectivity index (χ4v) is 3.01. The first-order valence-corrected chi connectivity index (χ1v) is 8.49. The van der Waals surface area contributed by atoms with Crippen LogP contribution in [0, 0.1) is 0 Å². The molecule has 6 nitrogen and oxygen atoms in total. The van der Waals surface area contributed by atoms with E-state index in [-0.39, 0.29) is 11.4 Å². The van der Waals surface area contributed by atoms with Gasteiger partial charge in [0.1, 0.15) is 11.5 Å². The number of aromatic nitrogens is 1. The van der Waals surface area contributed by atoms with Gasteiger partial charge in [-0.2, -0.15) is 5.11 Å². The first kappa shape index (κ1) is 14.9. The number of H-pyrrole nitrogens is 1. The van der Waals surface area contributed by atoms with Crippen LogP contribution in [0.15, 0.2) is 34.5 Å². The number of nitrogens with zero attached hydrogens (tertiary/aromatic N) is 2. The van der Waals surface area contributed by atoms with E-state index in [9.17, 15) is 4.79 Å². The van der Waals surface area contributed by atoms with Crippen molar-refractivity contribution in [1.82, 2.24) is 10.3 Å². The van der Waals surface area contributed by atoms with E-state index >= 15 is 0 Å². The molecule has 22 heavy (non-hydrogen) atoms. The Hall–Kier alpha value is -2.02. The van der Waals surface area contributed by atoms with Crippen molar-refractivity contribution in [2.45, 2.75) is 25.3 Å². The lowest BCUT2D eigenvalue weighted by Gasteiger charge is -2.17. The number of azo groups is 1. The number of carbonyl (C=O) groups is 1. The quantitative estimate of drug-likeness (QED) is 0.712. The lowest BCUT2D eigenvalue weighted by Crippen LogP contribution is -2.28. The van der Waals surface area contributed by atoms with Gasteiger partial charge in [-0.05, 0) is 12.5 Å². The molecule has 1 atom stereocenters. The van der Waals surface area contributed by atoms with Crippen LogP contribution in [0.4, 0.5) is 11.5 Å². The fourth-order valence-electron chi connectivity index (χ4n) is 2.28. The van der Waals surface area contributed by atoms with Crippen LogP contribution in [0.25, 0.3) is 10.9 Å². The third-order valence-electron chi connectivity index (χ3n) is 3.43. The summed E-state index contributed by atoms with van der Waals surface area (Å²) in [5.41, 5.74) is 1.62. The fraction of sp³-hybridized carbons (Fsp3) is 0.400. The Morgan fingerprint density at radius 3 is 3.14 bits per heavy atom. The minimum Gasteiger partial charge on any atom is -0.355 e. The van der Waals surface area contributed by atoms with Gasteiger partial charge >= 0.3 is 0 Å². The molecule has 116 valence electrons. The minimum absolute atomic E-state index is 0.0397. The molecule has 1 aliphatic rings. The molecule has 1 aliphatic heterocycles. The maximum Gasteiger partial charge on any atom is 0.230 e. The molecule has 2 heterocycles. The number of rotatable bonds is 6. The number of carbonyl (C=O) groups excluding carboxylic acids is 1. The maximum atomic E-state index is 11.7. The van der Waals surface area contributed by atoms with E-state index in [1.807, 2.05) is 24.3 Å². The Morgan fingerprint density at radius 1 is 1.41 bits per heavy atom. The highest BCUT2D eigenvalue weighted by atomic mass is 32.2. The molecule has 0 saturated carbocycles. The van der Waals surface area contributed by atoms with Crippen molar-refractivity contribution in [2.75, 3.05) is 17.6 Å². The largest absolute Gasteiger partial charge is 0.355 e. The monoisotopic (exact) mass is 317 g/mol. The number of aromatic amines is 1. The highest BCUT2D eigenvalue weighted by Crippen LogP contribution is 2.38. The average molecular weight is 317 g/mol. The number of nitrogens with one attached hydrogen (secondary N) is 3. The van der Waals surface area contributed by atoms with Crippen LogP contribution in [-0.2, 0) is 4.79 Å². The second kappa shape index (κ2) is 6.83. The molecule has 0 bridgehead atoms. The standard InChI is InChI=1S/C15H19N5OS/c1-2-3-8-16-12(21)9-22-15-18-14-13(19-20-15)10-6-4-5-7-11(10)17-14/h4-7,15,17-18H,2-3,8-9H2,1H3,(H,16,21)/t15-/m1/s1. The maximum absolute atomic E-state index is 11.7. The van der Waals surface area contributed by atoms with Crippen molar-refractivity contribution >= 4 is 40.1 Å². The van der Waals surface area contributed by atoms with Crippen LogP contribution in [0.5, 0.6) is 0 Å². The summed E-state index contributed by atoms with van der Waals surface area (Å²) in [5, 5.41) is 15.8. The highest BCUT2D eigenvalue weighted by Gasteiger charge is 2.20. The van der Waals surface area contributed by atoms with Crippen molar-refractivity contribution in [3.63, 3.8) is 0 Å². The zero-order valence-electron chi connectivity index (χ0n) is 12.4. The normalized spacial score (nSPS) is 16.3. The molecule has 0 unspecified atom stereocenters. The number of benzene rings is 1. The number of fused-ring (bicyclic) bond motifs is 3. The van der Waals surface area contributed by atoms with Gasteiger partial charge in [0.25, 0.3) is 0 Å². The van der Waals surface area contributed by atoms with E-state index in [1.54, 1.807) is 0 Å². The third-order valence-corrected chi connectivity index (χ3v) is 4.39. The average Bonchev–Trinajstić information content (AvgIpc) is 2.91. The number of anilines is 1. The molecule has 1 aromatic carbocycles. The minimum atomic E-state index is -0.238. The Balaban J connectivity index is 1.57. The number of hydrogen-bond donors (Lipinski definition) is 3. The molecule has 0 radical (unpaired) electrons. The number of amides is 1. The van der Waals surface area contributed by atoms with Crippen molar-refractivity contribution in [3.8, 4) is 0 Å². The van der Waals surface area contributed by atoms with Crippen molar-refractivity contribution in [3.05, 3.63) is 24.3 Å². The summed E-state index contributed by atoms with van der Waals surface area (Å²) in [5.74, 6) is 1.27. The summed E-state index contributed by atoms with van der Waals surface area (Å²) in [6, 6.07) is 7.98. The van der Waals surface area contributed by atoms with Crippen molar-refractivity contribution in [1.29, 1.82) is 0 Å². The zero-order valence-corrected chi connectivity index (χ0v) is 13.2. The summed E-state index contributed by atoms with van der Waals surface area (Å²) in [4.78, 5) is 15.0.